The van der Waals surface area contributed by atoms with Crippen LogP contribution >= 0.6 is 23.2 Å². The molecule has 2 aromatic heterocycles. The molecule has 3 amide bonds. The number of ether oxygens (including phenoxy) is 1. The fraction of sp³-hybridized carbons (Fsp3) is 0.355. The minimum absolute atomic E-state index is 0.0370. The molecule has 1 aliphatic rings. The first-order valence-corrected chi connectivity index (χ1v) is 15.2. The summed E-state index contributed by atoms with van der Waals surface area (Å²) in [6.07, 6.45) is 0.615. The molecule has 45 heavy (non-hydrogen) atoms. The third-order valence-corrected chi connectivity index (χ3v) is 8.54. The number of hydrogen-bond acceptors (Lipinski definition) is 8. The van der Waals surface area contributed by atoms with Gasteiger partial charge in [0.05, 0.1) is 10.5 Å². The van der Waals surface area contributed by atoms with Gasteiger partial charge in [0, 0.05) is 22.5 Å². The van der Waals surface area contributed by atoms with Crippen molar-refractivity contribution < 1.29 is 23.6 Å². The number of hydrogen-bond donors (Lipinski definition) is 4. The predicted molar refractivity (Wildman–Crippen MR) is 165 cm³/mol. The molecule has 12 nitrogen and oxygen atoms in total. The number of aromatic nitrogens is 3. The van der Waals surface area contributed by atoms with Gasteiger partial charge in [-0.05, 0) is 47.2 Å². The van der Waals surface area contributed by atoms with Crippen LogP contribution in [0.1, 0.15) is 61.3 Å². The standard InChI is InChI=1S/C31H31Cl2N7O5/c1-3-17(2)26(28-37-24(14-34)40-45-28)38-29(42)31(39-25(41)15-35-30(43)44-16-18-7-5-4-6-8-18)10-9-23-21(13-31)20-11-19(32)12-22(33)27(20)36-23/h4-8,11-12,17,26,36H,3,9-10,13,15-16H2,1-2H3,(H,35,43)(H,38,42)(H,39,41)/t17?,26-,31+/m0/s1. The number of fused-ring (bicyclic) bond motifs is 3. The van der Waals surface area contributed by atoms with Crippen molar-refractivity contribution in [1.29, 1.82) is 5.26 Å². The van der Waals surface area contributed by atoms with Crippen molar-refractivity contribution in [2.45, 2.75) is 57.7 Å². The van der Waals surface area contributed by atoms with Crippen LogP contribution in [0.25, 0.3) is 10.9 Å². The SMILES string of the molecule is CCC(C)[C@H](NC(=O)[C@@]1(NC(=O)CNC(=O)OCc2ccccc2)CCc2[nH]c3c(Cl)cc(Cl)cc3c2C1)c1nc(C#N)no1. The molecule has 2 heterocycles. The van der Waals surface area contributed by atoms with Crippen molar-refractivity contribution in [3.05, 3.63) is 81.0 Å². The lowest BCUT2D eigenvalue weighted by atomic mass is 9.78. The van der Waals surface area contributed by atoms with Crippen molar-refractivity contribution in [2.75, 3.05) is 6.54 Å². The molecule has 3 atom stereocenters. The Kier molecular flexibility index (Phi) is 9.60. The highest BCUT2D eigenvalue weighted by molar-refractivity contribution is 6.38. The lowest BCUT2D eigenvalue weighted by Gasteiger charge is -2.38. The molecule has 0 saturated carbocycles. The molecule has 4 aromatic rings. The van der Waals surface area contributed by atoms with E-state index in [1.165, 1.54) is 0 Å². The van der Waals surface area contributed by atoms with E-state index in [1.807, 2.05) is 50.2 Å². The van der Waals surface area contributed by atoms with Gasteiger partial charge < -0.3 is 30.2 Å². The Morgan fingerprint density at radius 3 is 2.71 bits per heavy atom. The highest BCUT2D eigenvalue weighted by atomic mass is 35.5. The maximum atomic E-state index is 14.3. The Bertz CT molecular complexity index is 1770. The van der Waals surface area contributed by atoms with E-state index in [4.69, 9.17) is 32.5 Å². The summed E-state index contributed by atoms with van der Waals surface area (Å²) < 4.78 is 10.5. The maximum absolute atomic E-state index is 14.3. The fourth-order valence-corrected chi connectivity index (χ4v) is 5.98. The van der Waals surface area contributed by atoms with Crippen LogP contribution in [0.2, 0.25) is 10.0 Å². The molecule has 0 fully saturated rings. The van der Waals surface area contributed by atoms with Gasteiger partial charge in [-0.15, -0.1) is 0 Å². The number of halogens is 2. The number of alkyl carbamates (subject to hydrolysis) is 1. The zero-order valence-electron chi connectivity index (χ0n) is 24.6. The average Bonchev–Trinajstić information content (AvgIpc) is 3.66. The minimum atomic E-state index is -1.44. The van der Waals surface area contributed by atoms with Gasteiger partial charge in [-0.25, -0.2) is 4.79 Å². The number of amides is 3. The summed E-state index contributed by atoms with van der Waals surface area (Å²) >= 11 is 12.8. The van der Waals surface area contributed by atoms with Crippen LogP contribution in [0, 0.1) is 17.2 Å². The van der Waals surface area contributed by atoms with Crippen molar-refractivity contribution in [1.82, 2.24) is 31.1 Å². The number of nitrogens with one attached hydrogen (secondary N) is 4. The Balaban J connectivity index is 1.39. The lowest BCUT2D eigenvalue weighted by molar-refractivity contribution is -0.134. The largest absolute Gasteiger partial charge is 0.445 e. The molecule has 0 saturated heterocycles. The van der Waals surface area contributed by atoms with E-state index in [9.17, 15) is 19.6 Å². The van der Waals surface area contributed by atoms with Crippen LogP contribution in [0.15, 0.2) is 47.0 Å². The quantitative estimate of drug-likeness (QED) is 0.187. The van der Waals surface area contributed by atoms with Crippen LogP contribution < -0.4 is 16.0 Å². The van der Waals surface area contributed by atoms with Gasteiger partial charge in [0.15, 0.2) is 0 Å². The number of benzene rings is 2. The first-order chi connectivity index (χ1) is 21.6. The topological polar surface area (TPSA) is 175 Å². The normalized spacial score (nSPS) is 17.0. The van der Waals surface area contributed by atoms with Gasteiger partial charge in [-0.3, -0.25) is 9.59 Å². The number of nitriles is 1. The molecule has 0 aliphatic heterocycles. The second kappa shape index (κ2) is 13.6. The molecule has 1 unspecified atom stereocenters. The molecule has 5 rings (SSSR count). The molecule has 0 bridgehead atoms. The Labute approximate surface area is 268 Å². The highest BCUT2D eigenvalue weighted by Gasteiger charge is 2.45. The first-order valence-electron chi connectivity index (χ1n) is 14.4. The summed E-state index contributed by atoms with van der Waals surface area (Å²) in [6.45, 7) is 3.46. The third-order valence-electron chi connectivity index (χ3n) is 8.03. The van der Waals surface area contributed by atoms with Crippen LogP contribution in [0.4, 0.5) is 4.79 Å². The van der Waals surface area contributed by atoms with Gasteiger partial charge in [0.25, 0.3) is 5.82 Å². The molecule has 2 aromatic carbocycles. The van der Waals surface area contributed by atoms with E-state index in [0.29, 0.717) is 28.4 Å². The van der Waals surface area contributed by atoms with E-state index in [-0.39, 0.29) is 37.1 Å². The second-order valence-corrected chi connectivity index (χ2v) is 11.9. The van der Waals surface area contributed by atoms with Gasteiger partial charge in [-0.2, -0.15) is 10.2 Å². The summed E-state index contributed by atoms with van der Waals surface area (Å²) in [5.41, 5.74) is 1.71. The van der Waals surface area contributed by atoms with Gasteiger partial charge in [0.2, 0.25) is 17.7 Å². The Hall–Kier alpha value is -4.60. The molecular formula is C31H31Cl2N7O5. The number of aromatic amines is 1. The Morgan fingerprint density at radius 1 is 1.22 bits per heavy atom. The molecule has 0 spiro atoms. The summed E-state index contributed by atoms with van der Waals surface area (Å²) in [5, 5.41) is 22.8. The molecule has 1 aliphatic carbocycles. The van der Waals surface area contributed by atoms with E-state index < -0.39 is 36.0 Å². The van der Waals surface area contributed by atoms with E-state index >= 15 is 0 Å². The zero-order chi connectivity index (χ0) is 32.1. The summed E-state index contributed by atoms with van der Waals surface area (Å²) in [6, 6.07) is 13.6. The van der Waals surface area contributed by atoms with Crippen molar-refractivity contribution in [3.63, 3.8) is 0 Å². The fourth-order valence-electron chi connectivity index (χ4n) is 5.44. The van der Waals surface area contributed by atoms with Gasteiger partial charge in [-0.1, -0.05) is 73.8 Å². The number of rotatable bonds is 10. The Morgan fingerprint density at radius 2 is 2.00 bits per heavy atom. The molecular weight excluding hydrogens is 621 g/mol. The lowest BCUT2D eigenvalue weighted by Crippen LogP contribution is -2.63. The van der Waals surface area contributed by atoms with Crippen LogP contribution in [-0.2, 0) is 33.8 Å². The smallest absolute Gasteiger partial charge is 0.407 e. The van der Waals surface area contributed by atoms with Crippen LogP contribution in [-0.4, -0.2) is 45.1 Å². The average molecular weight is 653 g/mol. The van der Waals surface area contributed by atoms with Gasteiger partial charge in [0.1, 0.15) is 30.8 Å². The maximum Gasteiger partial charge on any atom is 0.407 e. The zero-order valence-corrected chi connectivity index (χ0v) is 26.1. The predicted octanol–water partition coefficient (Wildman–Crippen LogP) is 4.90. The minimum Gasteiger partial charge on any atom is -0.445 e. The first kappa shape index (κ1) is 31.8. The van der Waals surface area contributed by atoms with E-state index in [1.54, 1.807) is 12.1 Å². The monoisotopic (exact) mass is 651 g/mol. The molecule has 0 radical (unpaired) electrons. The van der Waals surface area contributed by atoms with Crippen molar-refractivity contribution >= 4 is 52.0 Å². The molecule has 234 valence electrons. The number of carbonyl (C=O) groups is 3. The number of aryl methyl sites for hydroxylation is 1. The summed E-state index contributed by atoms with van der Waals surface area (Å²) in [5.74, 6) is -1.31. The van der Waals surface area contributed by atoms with E-state index in [0.717, 1.165) is 22.2 Å². The number of nitrogens with zero attached hydrogens (tertiary/aromatic N) is 3. The molecule has 14 heteroatoms. The highest BCUT2D eigenvalue weighted by Crippen LogP contribution is 2.38. The van der Waals surface area contributed by atoms with E-state index in [2.05, 4.69) is 31.1 Å². The third kappa shape index (κ3) is 7.05. The van der Waals surface area contributed by atoms with Crippen LogP contribution in [0.3, 0.4) is 0 Å². The van der Waals surface area contributed by atoms with Crippen LogP contribution in [0.5, 0.6) is 0 Å². The van der Waals surface area contributed by atoms with Crippen molar-refractivity contribution in [2.24, 2.45) is 5.92 Å². The number of carbonyl (C=O) groups excluding carboxylic acids is 3. The summed E-state index contributed by atoms with van der Waals surface area (Å²) in [7, 11) is 0. The molecule has 4 N–H and O–H groups in total. The second-order valence-electron chi connectivity index (χ2n) is 11.0. The van der Waals surface area contributed by atoms with Crippen molar-refractivity contribution in [3.8, 4) is 6.07 Å². The summed E-state index contributed by atoms with van der Waals surface area (Å²) in [4.78, 5) is 47.4. The number of H-pyrrole nitrogens is 1. The van der Waals surface area contributed by atoms with Gasteiger partial charge >= 0.3 is 6.09 Å².